The number of epoxide rings is 3. The highest BCUT2D eigenvalue weighted by Gasteiger charge is 2.27. The highest BCUT2D eigenvalue weighted by Crippen LogP contribution is 2.37. The van der Waals surface area contributed by atoms with E-state index < -0.39 is 0 Å². The molecule has 0 N–H and O–H groups in total. The van der Waals surface area contributed by atoms with Crippen LogP contribution in [-0.2, 0) is 14.2 Å². The lowest BCUT2D eigenvalue weighted by Crippen LogP contribution is -2.27. The normalized spacial score (nSPS) is 20.6. The average molecular weight is 543 g/mol. The molecule has 0 spiro atoms. The Morgan fingerprint density at radius 1 is 0.450 bits per heavy atom. The molecule has 3 aliphatic heterocycles. The third-order valence-corrected chi connectivity index (χ3v) is 8.04. The SMILES string of the molecule is CCN(CC1CO1)c1ccc(N(c2ccc(N(CC)CC3CO3)cc2)c2ccc(N(CC)CC3CO3)cc2)cc1. The van der Waals surface area contributed by atoms with E-state index in [0.29, 0.717) is 18.3 Å². The fourth-order valence-electron chi connectivity index (χ4n) is 5.39. The summed E-state index contributed by atoms with van der Waals surface area (Å²) in [4.78, 5) is 9.52. The summed E-state index contributed by atoms with van der Waals surface area (Å²) in [5.74, 6) is 0. The Morgan fingerprint density at radius 3 is 0.875 bits per heavy atom. The molecule has 3 atom stereocenters. The molecular formula is C33H42N4O3. The van der Waals surface area contributed by atoms with Crippen molar-refractivity contribution in [1.29, 1.82) is 0 Å². The smallest absolute Gasteiger partial charge is 0.0984 e. The maximum absolute atomic E-state index is 5.49. The van der Waals surface area contributed by atoms with Gasteiger partial charge in [0.2, 0.25) is 0 Å². The van der Waals surface area contributed by atoms with Crippen molar-refractivity contribution in [1.82, 2.24) is 0 Å². The second kappa shape index (κ2) is 12.1. The predicted octanol–water partition coefficient (Wildman–Crippen LogP) is 5.83. The van der Waals surface area contributed by atoms with Crippen LogP contribution in [0.3, 0.4) is 0 Å². The molecule has 212 valence electrons. The minimum Gasteiger partial charge on any atom is -0.371 e. The van der Waals surface area contributed by atoms with Crippen molar-refractivity contribution >= 4 is 34.1 Å². The molecule has 0 saturated carbocycles. The van der Waals surface area contributed by atoms with Crippen LogP contribution in [-0.4, -0.2) is 77.4 Å². The molecular weight excluding hydrogens is 500 g/mol. The van der Waals surface area contributed by atoms with Crippen molar-refractivity contribution in [2.24, 2.45) is 0 Å². The van der Waals surface area contributed by atoms with E-state index in [0.717, 1.165) is 76.2 Å². The Balaban J connectivity index is 1.28. The highest BCUT2D eigenvalue weighted by atomic mass is 16.6. The number of rotatable bonds is 15. The van der Waals surface area contributed by atoms with Gasteiger partial charge in [-0.15, -0.1) is 0 Å². The molecule has 3 fully saturated rings. The van der Waals surface area contributed by atoms with E-state index in [9.17, 15) is 0 Å². The zero-order chi connectivity index (χ0) is 27.5. The van der Waals surface area contributed by atoms with Gasteiger partial charge in [-0.2, -0.15) is 0 Å². The summed E-state index contributed by atoms with van der Waals surface area (Å²) in [6.07, 6.45) is 1.12. The zero-order valence-corrected chi connectivity index (χ0v) is 24.0. The van der Waals surface area contributed by atoms with Crippen LogP contribution in [0.4, 0.5) is 34.1 Å². The molecule has 0 aromatic heterocycles. The number of hydrogen-bond donors (Lipinski definition) is 0. The molecule has 0 radical (unpaired) electrons. The molecule has 40 heavy (non-hydrogen) atoms. The molecule has 7 nitrogen and oxygen atoms in total. The number of hydrogen-bond acceptors (Lipinski definition) is 7. The van der Waals surface area contributed by atoms with Crippen LogP contribution in [0, 0.1) is 0 Å². The Kier molecular flexibility index (Phi) is 8.14. The number of anilines is 6. The van der Waals surface area contributed by atoms with E-state index in [2.05, 4.69) is 113 Å². The van der Waals surface area contributed by atoms with Crippen molar-refractivity contribution < 1.29 is 14.2 Å². The Labute approximate surface area is 238 Å². The van der Waals surface area contributed by atoms with Gasteiger partial charge in [-0.25, -0.2) is 0 Å². The lowest BCUT2D eigenvalue weighted by molar-refractivity contribution is 0.408. The fourth-order valence-corrected chi connectivity index (χ4v) is 5.39. The lowest BCUT2D eigenvalue weighted by Gasteiger charge is -2.29. The Hall–Kier alpha value is -3.26. The average Bonchev–Trinajstić information content (AvgIpc) is 3.85. The van der Waals surface area contributed by atoms with Crippen molar-refractivity contribution in [2.75, 3.05) is 78.7 Å². The van der Waals surface area contributed by atoms with Gasteiger partial charge >= 0.3 is 0 Å². The molecule has 6 rings (SSSR count). The summed E-state index contributed by atoms with van der Waals surface area (Å²) >= 11 is 0. The lowest BCUT2D eigenvalue weighted by atomic mass is 10.1. The van der Waals surface area contributed by atoms with Crippen molar-refractivity contribution in [3.63, 3.8) is 0 Å². The monoisotopic (exact) mass is 542 g/mol. The van der Waals surface area contributed by atoms with E-state index in [-0.39, 0.29) is 0 Å². The summed E-state index contributed by atoms with van der Waals surface area (Å²) < 4.78 is 16.5. The first kappa shape index (κ1) is 26.9. The minimum absolute atomic E-state index is 0.372. The molecule has 0 bridgehead atoms. The first-order valence-corrected chi connectivity index (χ1v) is 14.8. The summed E-state index contributed by atoms with van der Waals surface area (Å²) in [6, 6.07) is 26.8. The maximum Gasteiger partial charge on any atom is 0.0984 e. The number of benzene rings is 3. The molecule has 3 heterocycles. The summed E-state index contributed by atoms with van der Waals surface area (Å²) in [6.45, 7) is 15.0. The van der Waals surface area contributed by atoms with Crippen LogP contribution in [0.2, 0.25) is 0 Å². The van der Waals surface area contributed by atoms with Crippen molar-refractivity contribution in [3.8, 4) is 0 Å². The molecule has 0 amide bonds. The first-order valence-electron chi connectivity index (χ1n) is 14.8. The van der Waals surface area contributed by atoms with Gasteiger partial charge in [0.25, 0.3) is 0 Å². The van der Waals surface area contributed by atoms with Gasteiger partial charge in [0, 0.05) is 73.4 Å². The van der Waals surface area contributed by atoms with Crippen molar-refractivity contribution in [2.45, 2.75) is 39.1 Å². The summed E-state index contributed by atoms with van der Waals surface area (Å²) in [5, 5.41) is 0. The Bertz CT molecular complexity index is 1070. The van der Waals surface area contributed by atoms with E-state index in [1.54, 1.807) is 0 Å². The zero-order valence-electron chi connectivity index (χ0n) is 24.0. The molecule has 3 aliphatic rings. The summed E-state index contributed by atoms with van der Waals surface area (Å²) in [7, 11) is 0. The van der Waals surface area contributed by atoms with Crippen LogP contribution >= 0.6 is 0 Å². The summed E-state index contributed by atoms with van der Waals surface area (Å²) in [5.41, 5.74) is 7.11. The molecule has 3 aromatic carbocycles. The van der Waals surface area contributed by atoms with Gasteiger partial charge in [0.1, 0.15) is 0 Å². The first-order chi connectivity index (χ1) is 19.6. The van der Waals surface area contributed by atoms with Gasteiger partial charge in [-0.3, -0.25) is 0 Å². The van der Waals surface area contributed by atoms with Crippen LogP contribution in [0.1, 0.15) is 20.8 Å². The molecule has 3 unspecified atom stereocenters. The number of likely N-dealkylation sites (N-methyl/N-ethyl adjacent to an activating group) is 3. The highest BCUT2D eigenvalue weighted by molar-refractivity contribution is 5.79. The second-order valence-electron chi connectivity index (χ2n) is 10.9. The van der Waals surface area contributed by atoms with E-state index in [4.69, 9.17) is 14.2 Å². The second-order valence-corrected chi connectivity index (χ2v) is 10.9. The quantitative estimate of drug-likeness (QED) is 0.224. The predicted molar refractivity (Wildman–Crippen MR) is 164 cm³/mol. The molecule has 3 saturated heterocycles. The standard InChI is InChI=1S/C33H42N4O3/c1-4-34(19-31-22-38-31)25-7-13-28(14-8-25)37(29-15-9-26(10-16-29)35(5-2)20-32-23-39-32)30-17-11-27(12-18-30)36(6-3)21-33-24-40-33/h7-18,31-33H,4-6,19-24H2,1-3H3. The van der Waals surface area contributed by atoms with Crippen LogP contribution < -0.4 is 19.6 Å². The van der Waals surface area contributed by atoms with Gasteiger partial charge < -0.3 is 33.8 Å². The molecule has 0 aliphatic carbocycles. The van der Waals surface area contributed by atoms with Gasteiger partial charge in [-0.1, -0.05) is 0 Å². The van der Waals surface area contributed by atoms with Crippen molar-refractivity contribution in [3.05, 3.63) is 72.8 Å². The topological polar surface area (TPSA) is 50.6 Å². The third kappa shape index (κ3) is 6.54. The maximum atomic E-state index is 5.49. The van der Waals surface area contributed by atoms with Gasteiger partial charge in [-0.05, 0) is 93.6 Å². The Morgan fingerprint density at radius 2 is 0.675 bits per heavy atom. The number of ether oxygens (including phenoxy) is 3. The largest absolute Gasteiger partial charge is 0.371 e. The van der Waals surface area contributed by atoms with E-state index in [1.165, 1.54) is 17.1 Å². The van der Waals surface area contributed by atoms with E-state index in [1.807, 2.05) is 0 Å². The molecule has 3 aromatic rings. The van der Waals surface area contributed by atoms with Crippen LogP contribution in [0.5, 0.6) is 0 Å². The van der Waals surface area contributed by atoms with Crippen LogP contribution in [0.25, 0.3) is 0 Å². The minimum atomic E-state index is 0.372. The van der Waals surface area contributed by atoms with Gasteiger partial charge in [0.05, 0.1) is 38.1 Å². The number of nitrogens with zero attached hydrogens (tertiary/aromatic N) is 4. The van der Waals surface area contributed by atoms with Crippen LogP contribution in [0.15, 0.2) is 72.8 Å². The van der Waals surface area contributed by atoms with E-state index >= 15 is 0 Å². The fraction of sp³-hybridized carbons (Fsp3) is 0.455. The molecule has 7 heteroatoms. The van der Waals surface area contributed by atoms with Gasteiger partial charge in [0.15, 0.2) is 0 Å². The third-order valence-electron chi connectivity index (χ3n) is 8.04.